The van der Waals surface area contributed by atoms with Crippen molar-refractivity contribution in [2.45, 2.75) is 45.3 Å². The summed E-state index contributed by atoms with van der Waals surface area (Å²) in [6.07, 6.45) is 4.17. The van der Waals surface area contributed by atoms with Crippen LogP contribution in [0, 0.1) is 12.8 Å². The molecule has 1 aromatic carbocycles. The number of benzene rings is 1. The highest BCUT2D eigenvalue weighted by atomic mass is 35.5. The Labute approximate surface area is 114 Å². The van der Waals surface area contributed by atoms with Gasteiger partial charge in [0.25, 0.3) is 0 Å². The number of hydrogen-bond donors (Lipinski definition) is 2. The molecule has 0 bridgehead atoms. The van der Waals surface area contributed by atoms with E-state index in [2.05, 4.69) is 18.3 Å². The van der Waals surface area contributed by atoms with Crippen molar-refractivity contribution in [3.05, 3.63) is 34.3 Å². The molecule has 0 amide bonds. The van der Waals surface area contributed by atoms with E-state index in [1.807, 2.05) is 12.1 Å². The zero-order valence-corrected chi connectivity index (χ0v) is 11.7. The quantitative estimate of drug-likeness (QED) is 0.877. The third-order valence-corrected chi connectivity index (χ3v) is 4.10. The van der Waals surface area contributed by atoms with Crippen LogP contribution in [-0.4, -0.2) is 17.8 Å². The molecule has 2 rings (SSSR count). The number of aliphatic hydroxyl groups is 1. The first-order chi connectivity index (χ1) is 8.65. The average molecular weight is 268 g/mol. The highest BCUT2D eigenvalue weighted by Gasteiger charge is 2.18. The lowest BCUT2D eigenvalue weighted by atomic mass is 9.87. The number of nitrogens with one attached hydrogen (secondary N) is 1. The van der Waals surface area contributed by atoms with Crippen molar-refractivity contribution in [2.24, 2.45) is 5.92 Å². The monoisotopic (exact) mass is 267 g/mol. The van der Waals surface area contributed by atoms with Crippen molar-refractivity contribution >= 4 is 11.6 Å². The maximum atomic E-state index is 9.46. The molecule has 0 aromatic heterocycles. The molecule has 3 heteroatoms. The van der Waals surface area contributed by atoms with E-state index in [1.165, 1.54) is 11.1 Å². The van der Waals surface area contributed by atoms with Gasteiger partial charge in [-0.2, -0.15) is 0 Å². The minimum Gasteiger partial charge on any atom is -0.393 e. The van der Waals surface area contributed by atoms with Gasteiger partial charge in [-0.05, 0) is 68.3 Å². The summed E-state index contributed by atoms with van der Waals surface area (Å²) < 4.78 is 0. The average Bonchev–Trinajstić information content (AvgIpc) is 2.34. The second-order valence-corrected chi connectivity index (χ2v) is 5.81. The summed E-state index contributed by atoms with van der Waals surface area (Å²) in [7, 11) is 0. The SMILES string of the molecule is Cc1cc(Cl)ccc1CNCC1CCC(O)CC1. The second-order valence-electron chi connectivity index (χ2n) is 5.38. The van der Waals surface area contributed by atoms with Crippen molar-refractivity contribution in [2.75, 3.05) is 6.54 Å². The Kier molecular flexibility index (Phi) is 5.04. The Balaban J connectivity index is 1.75. The molecule has 0 spiro atoms. The molecule has 0 heterocycles. The predicted molar refractivity (Wildman–Crippen MR) is 75.9 cm³/mol. The minimum absolute atomic E-state index is 0.0558. The maximum Gasteiger partial charge on any atom is 0.0540 e. The molecule has 1 aliphatic carbocycles. The van der Waals surface area contributed by atoms with Crippen LogP contribution in [0.25, 0.3) is 0 Å². The van der Waals surface area contributed by atoms with E-state index in [0.717, 1.165) is 49.7 Å². The smallest absolute Gasteiger partial charge is 0.0540 e. The fraction of sp³-hybridized carbons (Fsp3) is 0.600. The lowest BCUT2D eigenvalue weighted by molar-refractivity contribution is 0.108. The Hall–Kier alpha value is -0.570. The van der Waals surface area contributed by atoms with Gasteiger partial charge in [0.2, 0.25) is 0 Å². The van der Waals surface area contributed by atoms with Crippen LogP contribution >= 0.6 is 11.6 Å². The molecule has 100 valence electrons. The third-order valence-electron chi connectivity index (χ3n) is 3.87. The van der Waals surface area contributed by atoms with Crippen LogP contribution < -0.4 is 5.32 Å². The summed E-state index contributed by atoms with van der Waals surface area (Å²) in [5.74, 6) is 0.723. The Morgan fingerprint density at radius 2 is 2.00 bits per heavy atom. The number of rotatable bonds is 4. The molecule has 0 atom stereocenters. The van der Waals surface area contributed by atoms with Gasteiger partial charge in [0.15, 0.2) is 0 Å². The Bertz CT molecular complexity index is 386. The van der Waals surface area contributed by atoms with E-state index in [0.29, 0.717) is 0 Å². The molecule has 2 N–H and O–H groups in total. The molecule has 0 aliphatic heterocycles. The Morgan fingerprint density at radius 3 is 2.67 bits per heavy atom. The van der Waals surface area contributed by atoms with E-state index in [9.17, 15) is 5.11 Å². The molecule has 1 aromatic rings. The first-order valence-electron chi connectivity index (χ1n) is 6.79. The van der Waals surface area contributed by atoms with Gasteiger partial charge in [0.1, 0.15) is 0 Å². The molecule has 1 saturated carbocycles. The Morgan fingerprint density at radius 1 is 1.28 bits per heavy atom. The van der Waals surface area contributed by atoms with Crippen LogP contribution in [0.5, 0.6) is 0 Å². The summed E-state index contributed by atoms with van der Waals surface area (Å²) in [5.41, 5.74) is 2.56. The topological polar surface area (TPSA) is 32.3 Å². The predicted octanol–water partition coefficient (Wildman–Crippen LogP) is 3.29. The lowest BCUT2D eigenvalue weighted by Crippen LogP contribution is -2.27. The van der Waals surface area contributed by atoms with E-state index < -0.39 is 0 Å². The van der Waals surface area contributed by atoms with Crippen molar-refractivity contribution < 1.29 is 5.11 Å². The van der Waals surface area contributed by atoms with Gasteiger partial charge in [-0.3, -0.25) is 0 Å². The molecular weight excluding hydrogens is 246 g/mol. The molecule has 0 unspecified atom stereocenters. The van der Waals surface area contributed by atoms with E-state index >= 15 is 0 Å². The largest absolute Gasteiger partial charge is 0.393 e. The lowest BCUT2D eigenvalue weighted by Gasteiger charge is -2.25. The standard InChI is InChI=1S/C15H22ClNO/c1-11-8-14(16)5-4-13(11)10-17-9-12-2-6-15(18)7-3-12/h4-5,8,12,15,17-18H,2-3,6-7,9-10H2,1H3. The third kappa shape index (κ3) is 3.98. The van der Waals surface area contributed by atoms with Gasteiger partial charge in [-0.15, -0.1) is 0 Å². The number of aliphatic hydroxyl groups excluding tert-OH is 1. The van der Waals surface area contributed by atoms with E-state index in [1.54, 1.807) is 0 Å². The van der Waals surface area contributed by atoms with Crippen molar-refractivity contribution in [1.82, 2.24) is 5.32 Å². The second kappa shape index (κ2) is 6.55. The van der Waals surface area contributed by atoms with Crippen molar-refractivity contribution in [1.29, 1.82) is 0 Å². The molecule has 18 heavy (non-hydrogen) atoms. The van der Waals surface area contributed by atoms with Crippen LogP contribution in [0.2, 0.25) is 5.02 Å². The fourth-order valence-electron chi connectivity index (χ4n) is 2.62. The zero-order chi connectivity index (χ0) is 13.0. The van der Waals surface area contributed by atoms with Crippen LogP contribution in [0.3, 0.4) is 0 Å². The first kappa shape index (κ1) is 13.9. The van der Waals surface area contributed by atoms with Crippen LogP contribution in [0.15, 0.2) is 18.2 Å². The highest BCUT2D eigenvalue weighted by Crippen LogP contribution is 2.23. The van der Waals surface area contributed by atoms with Gasteiger partial charge < -0.3 is 10.4 Å². The number of aryl methyl sites for hydroxylation is 1. The maximum absolute atomic E-state index is 9.46. The molecule has 0 radical (unpaired) electrons. The van der Waals surface area contributed by atoms with E-state index in [4.69, 9.17) is 11.6 Å². The summed E-state index contributed by atoms with van der Waals surface area (Å²) in [4.78, 5) is 0. The summed E-state index contributed by atoms with van der Waals surface area (Å²) >= 11 is 5.94. The molecule has 1 fully saturated rings. The van der Waals surface area contributed by atoms with Gasteiger partial charge in [0.05, 0.1) is 6.10 Å². The molecule has 1 aliphatic rings. The number of hydrogen-bond acceptors (Lipinski definition) is 2. The van der Waals surface area contributed by atoms with Gasteiger partial charge in [-0.1, -0.05) is 17.7 Å². The summed E-state index contributed by atoms with van der Waals surface area (Å²) in [6, 6.07) is 6.05. The van der Waals surface area contributed by atoms with Crippen molar-refractivity contribution in [3.63, 3.8) is 0 Å². The van der Waals surface area contributed by atoms with Gasteiger partial charge >= 0.3 is 0 Å². The fourth-order valence-corrected chi connectivity index (χ4v) is 2.84. The number of halogens is 1. The van der Waals surface area contributed by atoms with E-state index in [-0.39, 0.29) is 6.10 Å². The zero-order valence-electron chi connectivity index (χ0n) is 11.0. The highest BCUT2D eigenvalue weighted by molar-refractivity contribution is 6.30. The van der Waals surface area contributed by atoms with Gasteiger partial charge in [0, 0.05) is 11.6 Å². The minimum atomic E-state index is -0.0558. The van der Waals surface area contributed by atoms with Crippen LogP contribution in [-0.2, 0) is 6.54 Å². The summed E-state index contributed by atoms with van der Waals surface area (Å²) in [5, 5.41) is 13.8. The van der Waals surface area contributed by atoms with Crippen molar-refractivity contribution in [3.8, 4) is 0 Å². The van der Waals surface area contributed by atoms with Gasteiger partial charge in [-0.25, -0.2) is 0 Å². The molecule has 0 saturated heterocycles. The molecule has 2 nitrogen and oxygen atoms in total. The van der Waals surface area contributed by atoms with Crippen LogP contribution in [0.4, 0.5) is 0 Å². The normalized spacial score (nSPS) is 24.2. The first-order valence-corrected chi connectivity index (χ1v) is 7.17. The van der Waals surface area contributed by atoms with Crippen LogP contribution in [0.1, 0.15) is 36.8 Å². The summed E-state index contributed by atoms with van der Waals surface area (Å²) in [6.45, 7) is 4.05. The molecular formula is C15H22ClNO.